The van der Waals surface area contributed by atoms with Crippen molar-refractivity contribution in [1.29, 1.82) is 0 Å². The number of amides is 1. The molecule has 2 fully saturated rings. The number of hydrogen-bond donors (Lipinski definition) is 0. The number of nitrogens with zero attached hydrogens (tertiary/aromatic N) is 1. The van der Waals surface area contributed by atoms with E-state index in [1.54, 1.807) is 0 Å². The van der Waals surface area contributed by atoms with E-state index >= 15 is 0 Å². The molecule has 1 amide bonds. The number of carbonyl (C=O) groups is 1. The van der Waals surface area contributed by atoms with Gasteiger partial charge in [-0.2, -0.15) is 0 Å². The molecule has 1 heterocycles. The van der Waals surface area contributed by atoms with Crippen LogP contribution in [0.1, 0.15) is 46.5 Å². The number of alkyl halides is 1. The molecule has 0 N–H and O–H groups in total. The summed E-state index contributed by atoms with van der Waals surface area (Å²) in [6.45, 7) is 8.04. The fourth-order valence-corrected chi connectivity index (χ4v) is 3.84. The molecule has 110 valence electrons. The summed E-state index contributed by atoms with van der Waals surface area (Å²) in [4.78, 5) is 14.9. The minimum Gasteiger partial charge on any atom is -0.371 e. The zero-order chi connectivity index (χ0) is 14.0. The van der Waals surface area contributed by atoms with Crippen molar-refractivity contribution in [2.45, 2.75) is 58.7 Å². The lowest BCUT2D eigenvalue weighted by molar-refractivity contribution is -0.152. The maximum absolute atomic E-state index is 12.8. The van der Waals surface area contributed by atoms with Crippen LogP contribution in [0.5, 0.6) is 0 Å². The van der Waals surface area contributed by atoms with Crippen LogP contribution in [0.3, 0.4) is 0 Å². The van der Waals surface area contributed by atoms with E-state index in [4.69, 9.17) is 4.74 Å². The summed E-state index contributed by atoms with van der Waals surface area (Å²) in [5, 5.41) is 0.801. The lowest BCUT2D eigenvalue weighted by atomic mass is 9.68. The zero-order valence-corrected chi connectivity index (χ0v) is 13.9. The highest BCUT2D eigenvalue weighted by Gasteiger charge is 2.40. The molecule has 0 radical (unpaired) electrons. The average Bonchev–Trinajstić information content (AvgIpc) is 2.36. The SMILES string of the molecule is CC1CN(C(=O)C2CCCCC2(C)C)CC(CBr)O1. The van der Waals surface area contributed by atoms with Crippen LogP contribution in [0.15, 0.2) is 0 Å². The van der Waals surface area contributed by atoms with Gasteiger partial charge in [-0.15, -0.1) is 0 Å². The molecule has 0 spiro atoms. The van der Waals surface area contributed by atoms with E-state index in [-0.39, 0.29) is 23.5 Å². The first-order valence-corrected chi connectivity index (χ1v) is 8.56. The minimum atomic E-state index is 0.138. The smallest absolute Gasteiger partial charge is 0.226 e. The van der Waals surface area contributed by atoms with Gasteiger partial charge in [0.2, 0.25) is 5.91 Å². The Bertz CT molecular complexity index is 332. The summed E-state index contributed by atoms with van der Waals surface area (Å²) < 4.78 is 5.81. The van der Waals surface area contributed by atoms with Crippen LogP contribution in [0.2, 0.25) is 0 Å². The maximum atomic E-state index is 12.8. The van der Waals surface area contributed by atoms with E-state index in [1.165, 1.54) is 19.3 Å². The van der Waals surface area contributed by atoms with E-state index in [2.05, 4.69) is 36.7 Å². The van der Waals surface area contributed by atoms with Crippen molar-refractivity contribution in [2.24, 2.45) is 11.3 Å². The maximum Gasteiger partial charge on any atom is 0.226 e. The molecule has 2 rings (SSSR count). The van der Waals surface area contributed by atoms with Gasteiger partial charge in [0.1, 0.15) is 0 Å². The summed E-state index contributed by atoms with van der Waals surface area (Å²) in [5.41, 5.74) is 0.154. The molecular formula is C15H26BrNO2. The van der Waals surface area contributed by atoms with Gasteiger partial charge in [0.15, 0.2) is 0 Å². The second-order valence-electron chi connectivity index (χ2n) is 6.75. The van der Waals surface area contributed by atoms with Gasteiger partial charge in [-0.1, -0.05) is 42.6 Å². The lowest BCUT2D eigenvalue weighted by Gasteiger charge is -2.43. The van der Waals surface area contributed by atoms with Crippen LogP contribution in [0.25, 0.3) is 0 Å². The molecule has 3 unspecified atom stereocenters. The Morgan fingerprint density at radius 1 is 1.37 bits per heavy atom. The Hall–Kier alpha value is -0.0900. The second kappa shape index (κ2) is 6.13. The molecular weight excluding hydrogens is 306 g/mol. The topological polar surface area (TPSA) is 29.5 Å². The molecule has 19 heavy (non-hydrogen) atoms. The summed E-state index contributed by atoms with van der Waals surface area (Å²) >= 11 is 3.47. The van der Waals surface area contributed by atoms with Gasteiger partial charge in [-0.25, -0.2) is 0 Å². The molecule has 2 aliphatic rings. The van der Waals surface area contributed by atoms with Gasteiger partial charge in [0, 0.05) is 24.3 Å². The van der Waals surface area contributed by atoms with Crippen molar-refractivity contribution in [3.8, 4) is 0 Å². The standard InChI is InChI=1S/C15H26BrNO2/c1-11-9-17(10-12(8-16)19-11)14(18)13-6-4-5-7-15(13,2)3/h11-13H,4-10H2,1-3H3. The molecule has 1 saturated carbocycles. The van der Waals surface area contributed by atoms with Crippen molar-refractivity contribution in [1.82, 2.24) is 4.90 Å². The van der Waals surface area contributed by atoms with E-state index in [9.17, 15) is 4.79 Å². The van der Waals surface area contributed by atoms with Gasteiger partial charge in [0.05, 0.1) is 12.2 Å². The fraction of sp³-hybridized carbons (Fsp3) is 0.933. The Morgan fingerprint density at radius 2 is 2.11 bits per heavy atom. The zero-order valence-electron chi connectivity index (χ0n) is 12.3. The number of carbonyl (C=O) groups excluding carboxylic acids is 1. The van der Waals surface area contributed by atoms with Gasteiger partial charge in [-0.3, -0.25) is 4.79 Å². The Kier molecular flexibility index (Phi) is 4.93. The third kappa shape index (κ3) is 3.52. The summed E-state index contributed by atoms with van der Waals surface area (Å²) in [5.74, 6) is 0.549. The highest BCUT2D eigenvalue weighted by atomic mass is 79.9. The monoisotopic (exact) mass is 331 g/mol. The van der Waals surface area contributed by atoms with Gasteiger partial charge in [0.25, 0.3) is 0 Å². The molecule has 3 atom stereocenters. The molecule has 0 aromatic carbocycles. The predicted octanol–water partition coefficient (Wildman–Crippen LogP) is 3.21. The molecule has 0 aromatic rings. The summed E-state index contributed by atoms with van der Waals surface area (Å²) in [6, 6.07) is 0. The van der Waals surface area contributed by atoms with Crippen LogP contribution in [0.4, 0.5) is 0 Å². The van der Waals surface area contributed by atoms with E-state index in [0.717, 1.165) is 24.8 Å². The van der Waals surface area contributed by atoms with Gasteiger partial charge >= 0.3 is 0 Å². The number of hydrogen-bond acceptors (Lipinski definition) is 2. The number of ether oxygens (including phenoxy) is 1. The first-order chi connectivity index (χ1) is 8.94. The third-order valence-electron chi connectivity index (χ3n) is 4.62. The molecule has 1 aliphatic heterocycles. The van der Waals surface area contributed by atoms with Crippen LogP contribution < -0.4 is 0 Å². The fourth-order valence-electron chi connectivity index (χ4n) is 3.48. The summed E-state index contributed by atoms with van der Waals surface area (Å²) in [7, 11) is 0. The highest BCUT2D eigenvalue weighted by Crippen LogP contribution is 2.41. The van der Waals surface area contributed by atoms with Crippen LogP contribution in [0, 0.1) is 11.3 Å². The second-order valence-corrected chi connectivity index (χ2v) is 7.40. The molecule has 1 saturated heterocycles. The van der Waals surface area contributed by atoms with E-state index in [0.29, 0.717) is 5.91 Å². The Labute approximate surface area is 125 Å². The molecule has 0 aromatic heterocycles. The molecule has 0 bridgehead atoms. The highest BCUT2D eigenvalue weighted by molar-refractivity contribution is 9.09. The van der Waals surface area contributed by atoms with Crippen molar-refractivity contribution in [3.63, 3.8) is 0 Å². The Balaban J connectivity index is 2.05. The normalized spacial score (nSPS) is 35.2. The molecule has 4 heteroatoms. The van der Waals surface area contributed by atoms with Crippen LogP contribution in [-0.4, -0.2) is 41.4 Å². The predicted molar refractivity (Wildman–Crippen MR) is 80.4 cm³/mol. The van der Waals surface area contributed by atoms with E-state index < -0.39 is 0 Å². The minimum absolute atomic E-state index is 0.138. The lowest BCUT2D eigenvalue weighted by Crippen LogP contribution is -2.53. The van der Waals surface area contributed by atoms with Gasteiger partial charge < -0.3 is 9.64 Å². The average molecular weight is 332 g/mol. The third-order valence-corrected chi connectivity index (χ3v) is 5.34. The van der Waals surface area contributed by atoms with Crippen LogP contribution in [-0.2, 0) is 9.53 Å². The van der Waals surface area contributed by atoms with Crippen molar-refractivity contribution in [3.05, 3.63) is 0 Å². The summed E-state index contributed by atoms with van der Waals surface area (Å²) in [6.07, 6.45) is 4.97. The van der Waals surface area contributed by atoms with Crippen molar-refractivity contribution < 1.29 is 9.53 Å². The quantitative estimate of drug-likeness (QED) is 0.727. The van der Waals surface area contributed by atoms with E-state index in [1.807, 2.05) is 4.90 Å². The van der Waals surface area contributed by atoms with Gasteiger partial charge in [-0.05, 0) is 25.2 Å². The number of halogens is 1. The van der Waals surface area contributed by atoms with Crippen molar-refractivity contribution in [2.75, 3.05) is 18.4 Å². The molecule has 3 nitrogen and oxygen atoms in total. The first-order valence-electron chi connectivity index (χ1n) is 7.44. The number of morpholine rings is 1. The first kappa shape index (κ1) is 15.3. The number of rotatable bonds is 2. The van der Waals surface area contributed by atoms with Crippen LogP contribution >= 0.6 is 15.9 Å². The largest absolute Gasteiger partial charge is 0.371 e. The van der Waals surface area contributed by atoms with Crippen molar-refractivity contribution >= 4 is 21.8 Å². The molecule has 1 aliphatic carbocycles. The Morgan fingerprint density at radius 3 is 2.74 bits per heavy atom.